The summed E-state index contributed by atoms with van der Waals surface area (Å²) in [5.41, 5.74) is 1.44. The normalized spacial score (nSPS) is 14.6. The van der Waals surface area contributed by atoms with Crippen LogP contribution in [0.25, 0.3) is 0 Å². The van der Waals surface area contributed by atoms with Crippen LogP contribution in [0.1, 0.15) is 6.92 Å². The van der Waals surface area contributed by atoms with Crippen LogP contribution in [0, 0.1) is 10.1 Å². The lowest BCUT2D eigenvalue weighted by Crippen LogP contribution is -2.49. The molecular formula is C14H20N4O4. The van der Waals surface area contributed by atoms with Crippen LogP contribution in [0.3, 0.4) is 0 Å². The number of carbonyl (C=O) groups is 1. The molecule has 120 valence electrons. The van der Waals surface area contributed by atoms with E-state index in [-0.39, 0.29) is 11.8 Å². The van der Waals surface area contributed by atoms with Gasteiger partial charge in [-0.1, -0.05) is 0 Å². The van der Waals surface area contributed by atoms with E-state index in [0.717, 1.165) is 5.69 Å². The van der Waals surface area contributed by atoms with E-state index < -0.39 is 4.92 Å². The van der Waals surface area contributed by atoms with E-state index in [1.54, 1.807) is 31.0 Å². The monoisotopic (exact) mass is 308 g/mol. The fourth-order valence-corrected chi connectivity index (χ4v) is 2.44. The number of nitrogens with zero attached hydrogens (tertiary/aromatic N) is 3. The highest BCUT2D eigenvalue weighted by Crippen LogP contribution is 2.29. The second kappa shape index (κ2) is 6.97. The van der Waals surface area contributed by atoms with Gasteiger partial charge in [0.1, 0.15) is 5.69 Å². The summed E-state index contributed by atoms with van der Waals surface area (Å²) in [6.45, 7) is 4.63. The first-order chi connectivity index (χ1) is 10.6. The van der Waals surface area contributed by atoms with Crippen molar-refractivity contribution in [1.29, 1.82) is 0 Å². The molecule has 0 unspecified atom stereocenters. The van der Waals surface area contributed by atoms with E-state index in [4.69, 9.17) is 4.74 Å². The maximum Gasteiger partial charge on any atom is 0.409 e. The molecule has 0 radical (unpaired) electrons. The molecule has 1 fully saturated rings. The zero-order valence-corrected chi connectivity index (χ0v) is 12.7. The van der Waals surface area contributed by atoms with Crippen LogP contribution >= 0.6 is 0 Å². The van der Waals surface area contributed by atoms with Gasteiger partial charge in [-0.3, -0.25) is 10.1 Å². The van der Waals surface area contributed by atoms with Gasteiger partial charge in [0.15, 0.2) is 0 Å². The van der Waals surface area contributed by atoms with Crippen molar-refractivity contribution >= 4 is 23.2 Å². The smallest absolute Gasteiger partial charge is 0.409 e. The summed E-state index contributed by atoms with van der Waals surface area (Å²) in [5, 5.41) is 13.8. The minimum atomic E-state index is -0.408. The number of nitrogens with one attached hydrogen (secondary N) is 1. The van der Waals surface area contributed by atoms with E-state index in [1.807, 2.05) is 0 Å². The molecule has 1 aliphatic rings. The Morgan fingerprint density at radius 2 is 2.05 bits per heavy atom. The summed E-state index contributed by atoms with van der Waals surface area (Å²) in [7, 11) is 1.66. The topological polar surface area (TPSA) is 88.0 Å². The number of ether oxygens (including phenoxy) is 1. The lowest BCUT2D eigenvalue weighted by Gasteiger charge is -2.35. The van der Waals surface area contributed by atoms with Crippen LogP contribution in [-0.4, -0.2) is 55.8 Å². The Bertz CT molecular complexity index is 556. The summed E-state index contributed by atoms with van der Waals surface area (Å²) in [6, 6.07) is 5.00. The predicted molar refractivity (Wildman–Crippen MR) is 83.5 cm³/mol. The Kier molecular flexibility index (Phi) is 5.03. The SMILES string of the molecule is CCOC(=O)N1CCN(c2ccc([N+](=O)[O-])c(NC)c2)CC1. The minimum absolute atomic E-state index is 0.0522. The van der Waals surface area contributed by atoms with Crippen molar-refractivity contribution in [2.24, 2.45) is 0 Å². The highest BCUT2D eigenvalue weighted by molar-refractivity contribution is 5.70. The molecule has 1 saturated heterocycles. The van der Waals surface area contributed by atoms with Crippen LogP contribution in [-0.2, 0) is 4.74 Å². The Balaban J connectivity index is 2.05. The van der Waals surface area contributed by atoms with Crippen molar-refractivity contribution in [3.05, 3.63) is 28.3 Å². The average Bonchev–Trinajstić information content (AvgIpc) is 2.54. The van der Waals surface area contributed by atoms with Crippen molar-refractivity contribution in [2.45, 2.75) is 6.92 Å². The number of hydrogen-bond acceptors (Lipinski definition) is 6. The Hall–Kier alpha value is -2.51. The van der Waals surface area contributed by atoms with Gasteiger partial charge in [0.25, 0.3) is 5.69 Å². The predicted octanol–water partition coefficient (Wildman–Crippen LogP) is 1.91. The van der Waals surface area contributed by atoms with Gasteiger partial charge < -0.3 is 19.9 Å². The summed E-state index contributed by atoms with van der Waals surface area (Å²) < 4.78 is 4.98. The molecule has 1 amide bonds. The van der Waals surface area contributed by atoms with Crippen LogP contribution in [0.4, 0.5) is 21.9 Å². The largest absolute Gasteiger partial charge is 0.450 e. The molecule has 1 aromatic carbocycles. The molecule has 8 heteroatoms. The lowest BCUT2D eigenvalue weighted by molar-refractivity contribution is -0.383. The van der Waals surface area contributed by atoms with E-state index >= 15 is 0 Å². The molecule has 1 aromatic rings. The first-order valence-electron chi connectivity index (χ1n) is 7.19. The molecule has 0 spiro atoms. The standard InChI is InChI=1S/C14H20N4O4/c1-3-22-14(19)17-8-6-16(7-9-17)11-4-5-13(18(20)21)12(10-11)15-2/h4-5,10,15H,3,6-9H2,1-2H3. The maximum absolute atomic E-state index is 11.7. The van der Waals surface area contributed by atoms with Crippen LogP contribution in [0.2, 0.25) is 0 Å². The van der Waals surface area contributed by atoms with E-state index in [9.17, 15) is 14.9 Å². The third-order valence-electron chi connectivity index (χ3n) is 3.62. The second-order valence-electron chi connectivity index (χ2n) is 4.88. The molecule has 1 N–H and O–H groups in total. The summed E-state index contributed by atoms with van der Waals surface area (Å²) in [6.07, 6.45) is -0.290. The zero-order valence-electron chi connectivity index (χ0n) is 12.7. The molecule has 0 aromatic heterocycles. The van der Waals surface area contributed by atoms with Gasteiger partial charge in [-0.2, -0.15) is 0 Å². The zero-order chi connectivity index (χ0) is 16.1. The van der Waals surface area contributed by atoms with Crippen molar-refractivity contribution in [3.8, 4) is 0 Å². The van der Waals surface area contributed by atoms with Crippen molar-refractivity contribution in [2.75, 3.05) is 50.1 Å². The molecule has 0 aliphatic carbocycles. The molecule has 8 nitrogen and oxygen atoms in total. The van der Waals surface area contributed by atoms with Gasteiger partial charge in [0, 0.05) is 45.0 Å². The highest BCUT2D eigenvalue weighted by Gasteiger charge is 2.23. The Morgan fingerprint density at radius 1 is 1.36 bits per heavy atom. The van der Waals surface area contributed by atoms with Crippen molar-refractivity contribution < 1.29 is 14.5 Å². The number of rotatable bonds is 4. The molecule has 1 aliphatic heterocycles. The quantitative estimate of drug-likeness (QED) is 0.675. The summed E-state index contributed by atoms with van der Waals surface area (Å²) >= 11 is 0. The van der Waals surface area contributed by atoms with Crippen LogP contribution < -0.4 is 10.2 Å². The second-order valence-corrected chi connectivity index (χ2v) is 4.88. The van der Waals surface area contributed by atoms with Gasteiger partial charge in [-0.05, 0) is 19.1 Å². The van der Waals surface area contributed by atoms with Gasteiger partial charge >= 0.3 is 6.09 Å². The van der Waals surface area contributed by atoms with E-state index in [2.05, 4.69) is 10.2 Å². The molecular weight excluding hydrogens is 288 g/mol. The Labute approximate surface area is 128 Å². The van der Waals surface area contributed by atoms with E-state index in [1.165, 1.54) is 6.07 Å². The number of amides is 1. The molecule has 1 heterocycles. The molecule has 0 atom stereocenters. The number of carbonyl (C=O) groups excluding carboxylic acids is 1. The average molecular weight is 308 g/mol. The van der Waals surface area contributed by atoms with E-state index in [0.29, 0.717) is 38.5 Å². The number of anilines is 2. The summed E-state index contributed by atoms with van der Waals surface area (Å²) in [5.74, 6) is 0. The first-order valence-corrected chi connectivity index (χ1v) is 7.19. The number of benzene rings is 1. The number of piperazine rings is 1. The number of nitro benzene ring substituents is 1. The van der Waals surface area contributed by atoms with Gasteiger partial charge in [-0.15, -0.1) is 0 Å². The molecule has 22 heavy (non-hydrogen) atoms. The van der Waals surface area contributed by atoms with Crippen molar-refractivity contribution in [1.82, 2.24) is 4.90 Å². The minimum Gasteiger partial charge on any atom is -0.450 e. The van der Waals surface area contributed by atoms with Crippen molar-refractivity contribution in [3.63, 3.8) is 0 Å². The Morgan fingerprint density at radius 3 is 2.59 bits per heavy atom. The van der Waals surface area contributed by atoms with Gasteiger partial charge in [0.2, 0.25) is 0 Å². The molecule has 0 saturated carbocycles. The summed E-state index contributed by atoms with van der Waals surface area (Å²) in [4.78, 5) is 26.0. The van der Waals surface area contributed by atoms with Crippen LogP contribution in [0.5, 0.6) is 0 Å². The number of nitro groups is 1. The van der Waals surface area contributed by atoms with Crippen LogP contribution in [0.15, 0.2) is 18.2 Å². The lowest BCUT2D eigenvalue weighted by atomic mass is 10.2. The van der Waals surface area contributed by atoms with Gasteiger partial charge in [-0.25, -0.2) is 4.79 Å². The molecule has 0 bridgehead atoms. The maximum atomic E-state index is 11.7. The highest BCUT2D eigenvalue weighted by atomic mass is 16.6. The fourth-order valence-electron chi connectivity index (χ4n) is 2.44. The first kappa shape index (κ1) is 15.9. The number of hydrogen-bond donors (Lipinski definition) is 1. The third kappa shape index (κ3) is 3.38. The fraction of sp³-hybridized carbons (Fsp3) is 0.500. The third-order valence-corrected chi connectivity index (χ3v) is 3.62. The molecule has 2 rings (SSSR count). The van der Waals surface area contributed by atoms with Gasteiger partial charge in [0.05, 0.1) is 11.5 Å².